The molecular formula is C23H17ClFN7. The summed E-state index contributed by atoms with van der Waals surface area (Å²) in [5, 5.41) is 9.00. The van der Waals surface area contributed by atoms with Crippen molar-refractivity contribution in [1.29, 1.82) is 0 Å². The lowest BCUT2D eigenvalue weighted by Crippen LogP contribution is -2.05. The Labute approximate surface area is 187 Å². The fraction of sp³-hybridized carbons (Fsp3) is 0.0435. The number of nitrogens with two attached hydrogens (primary N) is 1. The van der Waals surface area contributed by atoms with Crippen molar-refractivity contribution in [1.82, 2.24) is 24.7 Å². The van der Waals surface area contributed by atoms with Crippen LogP contribution in [0, 0.1) is 5.82 Å². The fourth-order valence-electron chi connectivity index (χ4n) is 3.37. The molecule has 0 bridgehead atoms. The molecule has 0 spiro atoms. The molecule has 3 heterocycles. The van der Waals surface area contributed by atoms with Gasteiger partial charge in [-0.1, -0.05) is 17.7 Å². The Kier molecular flexibility index (Phi) is 5.12. The minimum Gasteiger partial charge on any atom is -0.383 e. The van der Waals surface area contributed by atoms with E-state index in [1.165, 1.54) is 12.1 Å². The van der Waals surface area contributed by atoms with Crippen molar-refractivity contribution in [3.63, 3.8) is 0 Å². The maximum atomic E-state index is 13.5. The topological polar surface area (TPSA) is 94.5 Å². The van der Waals surface area contributed by atoms with Crippen LogP contribution in [0.15, 0.2) is 73.1 Å². The predicted molar refractivity (Wildman–Crippen MR) is 123 cm³/mol. The molecule has 32 heavy (non-hydrogen) atoms. The van der Waals surface area contributed by atoms with Crippen LogP contribution in [0.3, 0.4) is 0 Å². The van der Waals surface area contributed by atoms with E-state index >= 15 is 0 Å². The van der Waals surface area contributed by atoms with Crippen molar-refractivity contribution >= 4 is 34.4 Å². The molecule has 5 rings (SSSR count). The van der Waals surface area contributed by atoms with Crippen LogP contribution in [0.5, 0.6) is 0 Å². The van der Waals surface area contributed by atoms with Gasteiger partial charge < -0.3 is 11.1 Å². The van der Waals surface area contributed by atoms with Gasteiger partial charge in [0, 0.05) is 29.5 Å². The van der Waals surface area contributed by atoms with Crippen molar-refractivity contribution in [2.24, 2.45) is 0 Å². The minimum absolute atomic E-state index is 0.334. The number of hydrogen-bond donors (Lipinski definition) is 2. The highest BCUT2D eigenvalue weighted by atomic mass is 35.5. The van der Waals surface area contributed by atoms with Gasteiger partial charge in [-0.3, -0.25) is 4.98 Å². The Morgan fingerprint density at radius 2 is 1.78 bits per heavy atom. The van der Waals surface area contributed by atoms with Crippen LogP contribution in [0.4, 0.5) is 16.2 Å². The smallest absolute Gasteiger partial charge is 0.225 e. The number of rotatable bonds is 5. The molecule has 0 atom stereocenters. The fourth-order valence-corrected chi connectivity index (χ4v) is 3.50. The number of fused-ring (bicyclic) bond motifs is 1. The Bertz CT molecular complexity index is 1380. The second kappa shape index (κ2) is 8.24. The Balaban J connectivity index is 1.64. The van der Waals surface area contributed by atoms with E-state index in [9.17, 15) is 4.39 Å². The van der Waals surface area contributed by atoms with E-state index in [-0.39, 0.29) is 5.82 Å². The third-order valence-corrected chi connectivity index (χ3v) is 5.18. The first-order chi connectivity index (χ1) is 15.6. The minimum atomic E-state index is -0.334. The van der Waals surface area contributed by atoms with Crippen LogP contribution in [0.2, 0.25) is 5.02 Å². The van der Waals surface area contributed by atoms with Gasteiger partial charge in [-0.15, -0.1) is 5.10 Å². The zero-order valence-electron chi connectivity index (χ0n) is 16.7. The van der Waals surface area contributed by atoms with Crippen LogP contribution in [0.1, 0.15) is 5.56 Å². The first-order valence-corrected chi connectivity index (χ1v) is 10.2. The molecule has 2 aromatic carbocycles. The predicted octanol–water partition coefficient (Wildman–Crippen LogP) is 4.86. The van der Waals surface area contributed by atoms with Gasteiger partial charge in [0.2, 0.25) is 5.95 Å². The number of hydrogen-bond acceptors (Lipinski definition) is 6. The van der Waals surface area contributed by atoms with E-state index in [0.29, 0.717) is 45.6 Å². The summed E-state index contributed by atoms with van der Waals surface area (Å²) in [4.78, 5) is 13.4. The Morgan fingerprint density at radius 1 is 1.00 bits per heavy atom. The lowest BCUT2D eigenvalue weighted by molar-refractivity contribution is 0.628. The maximum absolute atomic E-state index is 13.5. The van der Waals surface area contributed by atoms with Gasteiger partial charge in [0.15, 0.2) is 5.65 Å². The molecule has 0 radical (unpaired) electrons. The summed E-state index contributed by atoms with van der Waals surface area (Å²) in [6.07, 6.45) is 3.48. The molecule has 3 aromatic heterocycles. The summed E-state index contributed by atoms with van der Waals surface area (Å²) in [5.74, 6) is 0.417. The summed E-state index contributed by atoms with van der Waals surface area (Å²) in [6, 6.07) is 17.0. The van der Waals surface area contributed by atoms with Crippen LogP contribution in [0.25, 0.3) is 28.0 Å². The number of pyridine rings is 1. The molecule has 0 aliphatic carbocycles. The zero-order valence-corrected chi connectivity index (χ0v) is 17.5. The molecule has 0 aliphatic heterocycles. The number of benzene rings is 2. The highest BCUT2D eigenvalue weighted by Crippen LogP contribution is 2.33. The van der Waals surface area contributed by atoms with Gasteiger partial charge in [-0.05, 0) is 60.2 Å². The molecule has 5 aromatic rings. The SMILES string of the molecule is Nc1c2c(-c3ccc(F)cc3)nc(NCc3cccnc3)nc2nn1-c1ccc(Cl)cc1. The first-order valence-electron chi connectivity index (χ1n) is 9.79. The second-order valence-corrected chi connectivity index (χ2v) is 7.53. The molecule has 3 N–H and O–H groups in total. The molecule has 158 valence electrons. The molecule has 0 unspecified atom stereocenters. The van der Waals surface area contributed by atoms with Crippen LogP contribution < -0.4 is 11.1 Å². The highest BCUT2D eigenvalue weighted by Gasteiger charge is 2.19. The third kappa shape index (κ3) is 3.83. The number of aromatic nitrogens is 5. The van der Waals surface area contributed by atoms with E-state index in [4.69, 9.17) is 17.3 Å². The largest absolute Gasteiger partial charge is 0.383 e. The lowest BCUT2D eigenvalue weighted by Gasteiger charge is -2.09. The van der Waals surface area contributed by atoms with Crippen LogP contribution >= 0.6 is 11.6 Å². The molecule has 0 saturated carbocycles. The number of nitrogen functional groups attached to an aromatic ring is 1. The number of anilines is 2. The average molecular weight is 446 g/mol. The molecular weight excluding hydrogens is 429 g/mol. The zero-order chi connectivity index (χ0) is 22.1. The summed E-state index contributed by atoms with van der Waals surface area (Å²) in [6.45, 7) is 0.482. The monoisotopic (exact) mass is 445 g/mol. The van der Waals surface area contributed by atoms with E-state index in [1.807, 2.05) is 24.3 Å². The number of nitrogens with one attached hydrogen (secondary N) is 1. The third-order valence-electron chi connectivity index (χ3n) is 4.93. The molecule has 0 aliphatic rings. The van der Waals surface area contributed by atoms with E-state index in [2.05, 4.69) is 25.4 Å². The van der Waals surface area contributed by atoms with Gasteiger partial charge >= 0.3 is 0 Å². The highest BCUT2D eigenvalue weighted by molar-refractivity contribution is 6.30. The van der Waals surface area contributed by atoms with Gasteiger partial charge in [0.1, 0.15) is 11.6 Å². The van der Waals surface area contributed by atoms with Gasteiger partial charge in [-0.25, -0.2) is 14.1 Å². The van der Waals surface area contributed by atoms with Crippen LogP contribution in [-0.4, -0.2) is 24.7 Å². The lowest BCUT2D eigenvalue weighted by atomic mass is 10.1. The molecule has 0 fully saturated rings. The van der Waals surface area contributed by atoms with Crippen molar-refractivity contribution in [3.8, 4) is 16.9 Å². The Hall–Kier alpha value is -4.04. The van der Waals surface area contributed by atoms with Crippen LogP contribution in [-0.2, 0) is 6.54 Å². The van der Waals surface area contributed by atoms with Gasteiger partial charge in [0.05, 0.1) is 16.8 Å². The average Bonchev–Trinajstić information content (AvgIpc) is 3.15. The van der Waals surface area contributed by atoms with Crippen molar-refractivity contribution < 1.29 is 4.39 Å². The van der Waals surface area contributed by atoms with E-state index in [1.54, 1.807) is 41.3 Å². The van der Waals surface area contributed by atoms with E-state index in [0.717, 1.165) is 11.3 Å². The van der Waals surface area contributed by atoms with Crippen molar-refractivity contribution in [2.75, 3.05) is 11.1 Å². The summed E-state index contributed by atoms with van der Waals surface area (Å²) >= 11 is 6.02. The molecule has 0 amide bonds. The molecule has 0 saturated heterocycles. The molecule has 9 heteroatoms. The number of nitrogens with zero attached hydrogens (tertiary/aromatic N) is 5. The summed E-state index contributed by atoms with van der Waals surface area (Å²) in [5.41, 5.74) is 9.86. The van der Waals surface area contributed by atoms with Gasteiger partial charge in [0.25, 0.3) is 0 Å². The quantitative estimate of drug-likeness (QED) is 0.401. The Morgan fingerprint density at radius 3 is 2.50 bits per heavy atom. The normalized spacial score (nSPS) is 11.1. The van der Waals surface area contributed by atoms with Crippen molar-refractivity contribution in [2.45, 2.75) is 6.54 Å². The summed E-state index contributed by atoms with van der Waals surface area (Å²) in [7, 11) is 0. The van der Waals surface area contributed by atoms with E-state index < -0.39 is 0 Å². The number of halogens is 2. The second-order valence-electron chi connectivity index (χ2n) is 7.09. The molecule has 7 nitrogen and oxygen atoms in total. The van der Waals surface area contributed by atoms with Gasteiger partial charge in [-0.2, -0.15) is 4.98 Å². The van der Waals surface area contributed by atoms with Crippen molar-refractivity contribution in [3.05, 3.63) is 89.5 Å². The summed E-state index contributed by atoms with van der Waals surface area (Å²) < 4.78 is 15.1. The standard InChI is InChI=1S/C23H17ClFN7/c24-16-5-9-18(10-6-16)32-21(26)19-20(15-3-7-17(25)8-4-15)29-23(30-22(19)31-32)28-13-14-2-1-11-27-12-14/h1-12H,13,26H2,(H,28,30,31). The first kappa shape index (κ1) is 19.9. The maximum Gasteiger partial charge on any atom is 0.225 e.